The maximum absolute atomic E-state index is 13.7. The van der Waals surface area contributed by atoms with Gasteiger partial charge in [0.15, 0.2) is 0 Å². The number of piperazine rings is 1. The highest BCUT2D eigenvalue weighted by Crippen LogP contribution is 2.19. The van der Waals surface area contributed by atoms with Gasteiger partial charge in [-0.2, -0.15) is 0 Å². The Morgan fingerprint density at radius 1 is 0.962 bits per heavy atom. The van der Waals surface area contributed by atoms with Crippen molar-refractivity contribution in [3.8, 4) is 0 Å². The number of nitrogens with one attached hydrogen (secondary N) is 1. The fourth-order valence-electron chi connectivity index (χ4n) is 3.01. The summed E-state index contributed by atoms with van der Waals surface area (Å²) in [6.07, 6.45) is 0. The summed E-state index contributed by atoms with van der Waals surface area (Å²) in [6, 6.07) is 8.92. The molecule has 0 radical (unpaired) electrons. The first kappa shape index (κ1) is 18.3. The second kappa shape index (κ2) is 7.78. The molecule has 1 amide bonds. The summed E-state index contributed by atoms with van der Waals surface area (Å²) in [4.78, 5) is 16.5. The molecule has 1 aliphatic heterocycles. The Bertz CT molecular complexity index is 774. The van der Waals surface area contributed by atoms with Gasteiger partial charge in [0.1, 0.15) is 17.5 Å². The van der Waals surface area contributed by atoms with Gasteiger partial charge in [0.2, 0.25) is 5.91 Å². The van der Waals surface area contributed by atoms with Gasteiger partial charge in [-0.1, -0.05) is 0 Å². The van der Waals surface area contributed by atoms with Crippen molar-refractivity contribution in [2.24, 2.45) is 0 Å². The molecular formula is C19H20F3N3O. The predicted molar refractivity (Wildman–Crippen MR) is 94.6 cm³/mol. The van der Waals surface area contributed by atoms with Crippen LogP contribution < -0.4 is 10.2 Å². The van der Waals surface area contributed by atoms with E-state index >= 15 is 0 Å². The fourth-order valence-corrected chi connectivity index (χ4v) is 3.01. The molecule has 4 nitrogen and oxygen atoms in total. The number of benzene rings is 2. The summed E-state index contributed by atoms with van der Waals surface area (Å²) in [6.45, 7) is 4.46. The molecule has 1 heterocycles. The van der Waals surface area contributed by atoms with E-state index in [1.54, 1.807) is 19.1 Å². The number of nitrogens with zero attached hydrogens (tertiary/aromatic N) is 2. The van der Waals surface area contributed by atoms with Crippen LogP contribution in [-0.2, 0) is 4.79 Å². The van der Waals surface area contributed by atoms with Crippen molar-refractivity contribution >= 4 is 17.3 Å². The molecule has 2 aromatic carbocycles. The van der Waals surface area contributed by atoms with Crippen LogP contribution >= 0.6 is 0 Å². The van der Waals surface area contributed by atoms with Gasteiger partial charge >= 0.3 is 0 Å². The molecule has 1 saturated heterocycles. The molecule has 0 spiro atoms. The number of carbonyl (C=O) groups is 1. The lowest BCUT2D eigenvalue weighted by atomic mass is 10.2. The Balaban J connectivity index is 1.56. The lowest BCUT2D eigenvalue weighted by molar-refractivity contribution is -0.120. The molecule has 138 valence electrons. The second-order valence-corrected chi connectivity index (χ2v) is 6.29. The number of rotatable bonds is 4. The molecule has 0 unspecified atom stereocenters. The number of halogens is 3. The summed E-state index contributed by atoms with van der Waals surface area (Å²) in [7, 11) is 0. The van der Waals surface area contributed by atoms with Gasteiger partial charge in [-0.25, -0.2) is 13.2 Å². The van der Waals surface area contributed by atoms with Crippen LogP contribution in [0.4, 0.5) is 24.5 Å². The summed E-state index contributed by atoms with van der Waals surface area (Å²) < 4.78 is 39.7. The molecule has 1 atom stereocenters. The highest BCUT2D eigenvalue weighted by molar-refractivity contribution is 5.94. The van der Waals surface area contributed by atoms with E-state index in [1.807, 2.05) is 4.90 Å². The summed E-state index contributed by atoms with van der Waals surface area (Å²) in [5.41, 5.74) is 0.907. The lowest BCUT2D eigenvalue weighted by Crippen LogP contribution is -2.52. The Labute approximate surface area is 150 Å². The zero-order chi connectivity index (χ0) is 18.7. The Morgan fingerprint density at radius 3 is 2.19 bits per heavy atom. The van der Waals surface area contributed by atoms with Crippen LogP contribution in [0.15, 0.2) is 42.5 Å². The van der Waals surface area contributed by atoms with Gasteiger partial charge in [0.05, 0.1) is 11.7 Å². The zero-order valence-corrected chi connectivity index (χ0v) is 14.4. The van der Waals surface area contributed by atoms with E-state index in [-0.39, 0.29) is 17.4 Å². The van der Waals surface area contributed by atoms with Gasteiger partial charge in [0.25, 0.3) is 0 Å². The third-order valence-electron chi connectivity index (χ3n) is 4.62. The van der Waals surface area contributed by atoms with Crippen LogP contribution in [0.25, 0.3) is 0 Å². The van der Waals surface area contributed by atoms with Crippen LogP contribution in [0.5, 0.6) is 0 Å². The highest BCUT2D eigenvalue weighted by Gasteiger charge is 2.26. The van der Waals surface area contributed by atoms with Crippen molar-refractivity contribution in [1.29, 1.82) is 0 Å². The second-order valence-electron chi connectivity index (χ2n) is 6.29. The van der Waals surface area contributed by atoms with E-state index in [0.29, 0.717) is 26.2 Å². The van der Waals surface area contributed by atoms with Gasteiger partial charge < -0.3 is 10.2 Å². The quantitative estimate of drug-likeness (QED) is 0.906. The zero-order valence-electron chi connectivity index (χ0n) is 14.4. The minimum Gasteiger partial charge on any atom is -0.369 e. The van der Waals surface area contributed by atoms with Gasteiger partial charge in [-0.3, -0.25) is 9.69 Å². The standard InChI is InChI=1S/C19H20F3N3O/c1-13(19(26)23-18-7-4-15(21)12-17(18)22)24-8-10-25(11-9-24)16-5-2-14(20)3-6-16/h2-7,12-13H,8-11H2,1H3,(H,23,26)/t13-/m0/s1. The molecule has 0 aliphatic carbocycles. The normalized spacial score (nSPS) is 16.4. The molecule has 0 saturated carbocycles. The first-order chi connectivity index (χ1) is 12.4. The first-order valence-corrected chi connectivity index (χ1v) is 8.44. The predicted octanol–water partition coefficient (Wildman–Crippen LogP) is 3.25. The van der Waals surface area contributed by atoms with Crippen LogP contribution in [0.3, 0.4) is 0 Å². The molecule has 1 aliphatic rings. The van der Waals surface area contributed by atoms with E-state index in [1.165, 1.54) is 18.2 Å². The number of anilines is 2. The van der Waals surface area contributed by atoms with Crippen LogP contribution in [-0.4, -0.2) is 43.0 Å². The number of hydrogen-bond acceptors (Lipinski definition) is 3. The highest BCUT2D eigenvalue weighted by atomic mass is 19.1. The van der Waals surface area contributed by atoms with E-state index in [2.05, 4.69) is 10.2 Å². The molecule has 1 N–H and O–H groups in total. The Morgan fingerprint density at radius 2 is 1.58 bits per heavy atom. The van der Waals surface area contributed by atoms with Gasteiger partial charge in [-0.05, 0) is 43.3 Å². The SMILES string of the molecule is C[C@@H](C(=O)Nc1ccc(F)cc1F)N1CCN(c2ccc(F)cc2)CC1. The van der Waals surface area contributed by atoms with E-state index in [9.17, 15) is 18.0 Å². The molecule has 3 rings (SSSR count). The smallest absolute Gasteiger partial charge is 0.241 e. The average Bonchev–Trinajstić information content (AvgIpc) is 2.64. The topological polar surface area (TPSA) is 35.6 Å². The monoisotopic (exact) mass is 363 g/mol. The minimum absolute atomic E-state index is 0.0341. The van der Waals surface area contributed by atoms with Gasteiger partial charge in [-0.15, -0.1) is 0 Å². The van der Waals surface area contributed by atoms with Crippen LogP contribution in [0, 0.1) is 17.5 Å². The molecule has 2 aromatic rings. The van der Waals surface area contributed by atoms with Crippen LogP contribution in [0.2, 0.25) is 0 Å². The van der Waals surface area contributed by atoms with Gasteiger partial charge in [0, 0.05) is 37.9 Å². The Kier molecular flexibility index (Phi) is 5.46. The van der Waals surface area contributed by atoms with Crippen molar-refractivity contribution in [3.05, 3.63) is 59.9 Å². The van der Waals surface area contributed by atoms with Crippen molar-refractivity contribution in [2.45, 2.75) is 13.0 Å². The third kappa shape index (κ3) is 4.16. The summed E-state index contributed by atoms with van der Waals surface area (Å²) in [5, 5.41) is 2.51. The van der Waals surface area contributed by atoms with Crippen molar-refractivity contribution in [3.63, 3.8) is 0 Å². The molecule has 0 bridgehead atoms. The van der Waals surface area contributed by atoms with Crippen molar-refractivity contribution in [1.82, 2.24) is 4.90 Å². The van der Waals surface area contributed by atoms with E-state index in [4.69, 9.17) is 0 Å². The van der Waals surface area contributed by atoms with Crippen LogP contribution in [0.1, 0.15) is 6.92 Å². The maximum Gasteiger partial charge on any atom is 0.241 e. The molecule has 0 aromatic heterocycles. The third-order valence-corrected chi connectivity index (χ3v) is 4.62. The Hall–Kier alpha value is -2.54. The summed E-state index contributed by atoms with van der Waals surface area (Å²) in [5.74, 6) is -2.10. The molecule has 26 heavy (non-hydrogen) atoms. The largest absolute Gasteiger partial charge is 0.369 e. The number of amides is 1. The molecule has 1 fully saturated rings. The molecule has 7 heteroatoms. The average molecular weight is 363 g/mol. The minimum atomic E-state index is -0.799. The number of hydrogen-bond donors (Lipinski definition) is 1. The fraction of sp³-hybridized carbons (Fsp3) is 0.316. The van der Waals surface area contributed by atoms with E-state index in [0.717, 1.165) is 17.8 Å². The maximum atomic E-state index is 13.7. The first-order valence-electron chi connectivity index (χ1n) is 8.44. The molecular weight excluding hydrogens is 343 g/mol. The van der Waals surface area contributed by atoms with E-state index < -0.39 is 17.7 Å². The van der Waals surface area contributed by atoms with Crippen molar-refractivity contribution in [2.75, 3.05) is 36.4 Å². The summed E-state index contributed by atoms with van der Waals surface area (Å²) >= 11 is 0. The lowest BCUT2D eigenvalue weighted by Gasteiger charge is -2.38. The number of carbonyl (C=O) groups excluding carboxylic acids is 1. The van der Waals surface area contributed by atoms with Crippen molar-refractivity contribution < 1.29 is 18.0 Å².